The van der Waals surface area contributed by atoms with Crippen LogP contribution in [0.4, 0.5) is 11.4 Å². The highest BCUT2D eigenvalue weighted by Crippen LogP contribution is 2.32. The van der Waals surface area contributed by atoms with Gasteiger partial charge >= 0.3 is 0 Å². The van der Waals surface area contributed by atoms with Crippen molar-refractivity contribution in [3.05, 3.63) is 28.2 Å². The highest BCUT2D eigenvalue weighted by atomic mass is 16.1. The van der Waals surface area contributed by atoms with Crippen LogP contribution in [0.2, 0.25) is 0 Å². The molecule has 0 saturated heterocycles. The first-order valence-electron chi connectivity index (χ1n) is 9.01. The zero-order valence-corrected chi connectivity index (χ0v) is 14.9. The first-order chi connectivity index (χ1) is 11.5. The van der Waals surface area contributed by atoms with Gasteiger partial charge in [-0.15, -0.1) is 0 Å². The van der Waals surface area contributed by atoms with E-state index in [2.05, 4.69) is 35.8 Å². The highest BCUT2D eigenvalue weighted by Gasteiger charge is 2.20. The molecule has 5 heteroatoms. The molecule has 1 heterocycles. The maximum atomic E-state index is 12.2. The van der Waals surface area contributed by atoms with Gasteiger partial charge in [0.1, 0.15) is 5.69 Å². The third-order valence-corrected chi connectivity index (χ3v) is 5.01. The second-order valence-electron chi connectivity index (χ2n) is 7.44. The van der Waals surface area contributed by atoms with Crippen LogP contribution in [0.15, 0.2) is 16.9 Å². The molecule has 0 unspecified atom stereocenters. The summed E-state index contributed by atoms with van der Waals surface area (Å²) in [7, 11) is 2.12. The Morgan fingerprint density at radius 2 is 2.00 bits per heavy atom. The Kier molecular flexibility index (Phi) is 4.78. The molecule has 1 aliphatic carbocycles. The van der Waals surface area contributed by atoms with E-state index in [0.29, 0.717) is 35.3 Å². The van der Waals surface area contributed by atoms with Gasteiger partial charge in [-0.1, -0.05) is 33.1 Å². The lowest BCUT2D eigenvalue weighted by atomic mass is 9.94. The van der Waals surface area contributed by atoms with Crippen molar-refractivity contribution in [2.45, 2.75) is 58.4 Å². The average molecular weight is 328 g/mol. The van der Waals surface area contributed by atoms with E-state index in [1.165, 1.54) is 32.1 Å². The second kappa shape index (κ2) is 6.83. The molecule has 24 heavy (non-hydrogen) atoms. The topological polar surface area (TPSA) is 75.0 Å². The molecule has 2 aromatic rings. The number of hydrogen-bond donors (Lipinski definition) is 2. The van der Waals surface area contributed by atoms with Gasteiger partial charge < -0.3 is 15.6 Å². The van der Waals surface area contributed by atoms with Crippen LogP contribution in [0.3, 0.4) is 0 Å². The molecule has 0 amide bonds. The third kappa shape index (κ3) is 3.40. The predicted octanol–water partition coefficient (Wildman–Crippen LogP) is 3.47. The van der Waals surface area contributed by atoms with Gasteiger partial charge in [0.15, 0.2) is 0 Å². The summed E-state index contributed by atoms with van der Waals surface area (Å²) in [5, 5.41) is 0. The summed E-state index contributed by atoms with van der Waals surface area (Å²) in [4.78, 5) is 22.0. The number of fused-ring (bicyclic) bond motifs is 1. The van der Waals surface area contributed by atoms with E-state index in [-0.39, 0.29) is 5.56 Å². The number of nitrogens with two attached hydrogens (primary N) is 1. The van der Waals surface area contributed by atoms with Crippen molar-refractivity contribution in [3.63, 3.8) is 0 Å². The molecule has 3 rings (SSSR count). The molecule has 0 spiro atoms. The fraction of sp³-hybridized carbons (Fsp3) is 0.579. The molecule has 0 atom stereocenters. The first kappa shape index (κ1) is 16.8. The van der Waals surface area contributed by atoms with Crippen molar-refractivity contribution in [2.24, 2.45) is 5.92 Å². The summed E-state index contributed by atoms with van der Waals surface area (Å²) in [5.74, 6) is 0.397. The highest BCUT2D eigenvalue weighted by molar-refractivity contribution is 5.86. The zero-order valence-electron chi connectivity index (χ0n) is 14.9. The van der Waals surface area contributed by atoms with Gasteiger partial charge in [-0.05, 0) is 37.3 Å². The van der Waals surface area contributed by atoms with Gasteiger partial charge in [0.2, 0.25) is 0 Å². The Morgan fingerprint density at radius 1 is 1.29 bits per heavy atom. The molecule has 0 bridgehead atoms. The summed E-state index contributed by atoms with van der Waals surface area (Å²) in [6, 6.07) is 4.41. The molecule has 130 valence electrons. The Balaban J connectivity index is 2.00. The van der Waals surface area contributed by atoms with Crippen molar-refractivity contribution in [3.8, 4) is 0 Å². The van der Waals surface area contributed by atoms with Crippen molar-refractivity contribution in [2.75, 3.05) is 17.7 Å². The molecular formula is C19H28N4O. The molecule has 1 saturated carbocycles. The zero-order chi connectivity index (χ0) is 17.3. The number of aromatic amines is 1. The van der Waals surface area contributed by atoms with Crippen LogP contribution in [-0.2, 0) is 6.42 Å². The van der Waals surface area contributed by atoms with Crippen LogP contribution in [0.25, 0.3) is 11.0 Å². The molecule has 5 nitrogen and oxygen atoms in total. The van der Waals surface area contributed by atoms with E-state index in [9.17, 15) is 4.79 Å². The van der Waals surface area contributed by atoms with Crippen molar-refractivity contribution in [1.29, 1.82) is 0 Å². The summed E-state index contributed by atoms with van der Waals surface area (Å²) in [6.07, 6.45) is 7.01. The molecule has 0 aliphatic heterocycles. The third-order valence-electron chi connectivity index (χ3n) is 5.01. The summed E-state index contributed by atoms with van der Waals surface area (Å²) >= 11 is 0. The van der Waals surface area contributed by atoms with E-state index < -0.39 is 0 Å². The van der Waals surface area contributed by atoms with Crippen LogP contribution in [-0.4, -0.2) is 23.1 Å². The van der Waals surface area contributed by atoms with Crippen LogP contribution < -0.4 is 16.2 Å². The predicted molar refractivity (Wildman–Crippen MR) is 101 cm³/mol. The maximum Gasteiger partial charge on any atom is 0.270 e. The molecule has 1 aromatic carbocycles. The Bertz CT molecular complexity index is 775. The van der Waals surface area contributed by atoms with Gasteiger partial charge in [-0.25, -0.2) is 4.98 Å². The lowest BCUT2D eigenvalue weighted by Crippen LogP contribution is -2.33. The summed E-state index contributed by atoms with van der Waals surface area (Å²) in [5.41, 5.74) is 10.0. The number of nitrogens with zero attached hydrogens (tertiary/aromatic N) is 2. The Morgan fingerprint density at radius 3 is 2.67 bits per heavy atom. The number of aromatic nitrogens is 2. The van der Waals surface area contributed by atoms with E-state index in [0.717, 1.165) is 11.2 Å². The second-order valence-corrected chi connectivity index (χ2v) is 7.44. The number of rotatable bonds is 4. The van der Waals surface area contributed by atoms with Crippen LogP contribution in [0.5, 0.6) is 0 Å². The number of nitrogen functional groups attached to an aromatic ring is 1. The number of benzene rings is 1. The minimum Gasteiger partial charge on any atom is -0.397 e. The molecule has 1 aliphatic rings. The SMILES string of the molecule is CC(C)Cc1nc2cc(N(C)C3CCCCC3)c(N)cc2[nH]c1=O. The summed E-state index contributed by atoms with van der Waals surface area (Å²) < 4.78 is 0. The minimum absolute atomic E-state index is 0.107. The van der Waals surface area contributed by atoms with Crippen LogP contribution >= 0.6 is 0 Å². The normalized spacial score (nSPS) is 16.0. The average Bonchev–Trinajstić information content (AvgIpc) is 2.55. The number of nitrogens with one attached hydrogen (secondary N) is 1. The molecule has 0 radical (unpaired) electrons. The number of anilines is 2. The van der Waals surface area contributed by atoms with Crippen molar-refractivity contribution >= 4 is 22.4 Å². The van der Waals surface area contributed by atoms with Gasteiger partial charge in [-0.3, -0.25) is 4.79 Å². The van der Waals surface area contributed by atoms with Crippen LogP contribution in [0.1, 0.15) is 51.6 Å². The van der Waals surface area contributed by atoms with E-state index >= 15 is 0 Å². The quantitative estimate of drug-likeness (QED) is 0.843. The van der Waals surface area contributed by atoms with Gasteiger partial charge in [0.05, 0.1) is 22.4 Å². The smallest absolute Gasteiger partial charge is 0.270 e. The van der Waals surface area contributed by atoms with Gasteiger partial charge in [0.25, 0.3) is 5.56 Å². The molecule has 1 aromatic heterocycles. The van der Waals surface area contributed by atoms with E-state index in [1.807, 2.05) is 12.1 Å². The standard InChI is InChI=1S/C19H28N4O/c1-12(2)9-17-19(24)22-15-10-14(20)18(11-16(15)21-17)23(3)13-7-5-4-6-8-13/h10-13H,4-9,20H2,1-3H3,(H,22,24). The number of hydrogen-bond acceptors (Lipinski definition) is 4. The number of H-pyrrole nitrogens is 1. The first-order valence-corrected chi connectivity index (χ1v) is 9.01. The van der Waals surface area contributed by atoms with E-state index in [4.69, 9.17) is 5.73 Å². The lowest BCUT2D eigenvalue weighted by molar-refractivity contribution is 0.428. The molecular weight excluding hydrogens is 300 g/mol. The van der Waals surface area contributed by atoms with Gasteiger partial charge in [0, 0.05) is 13.1 Å². The summed E-state index contributed by atoms with van der Waals surface area (Å²) in [6.45, 7) is 4.19. The van der Waals surface area contributed by atoms with Crippen LogP contribution in [0, 0.1) is 5.92 Å². The fourth-order valence-electron chi connectivity index (χ4n) is 3.67. The lowest BCUT2D eigenvalue weighted by Gasteiger charge is -2.33. The Hall–Kier alpha value is -2.04. The Labute approximate surface area is 143 Å². The van der Waals surface area contributed by atoms with Gasteiger partial charge in [-0.2, -0.15) is 0 Å². The van der Waals surface area contributed by atoms with Crippen molar-refractivity contribution < 1.29 is 0 Å². The maximum absolute atomic E-state index is 12.2. The van der Waals surface area contributed by atoms with E-state index in [1.54, 1.807) is 0 Å². The largest absolute Gasteiger partial charge is 0.397 e. The fourth-order valence-corrected chi connectivity index (χ4v) is 3.67. The van der Waals surface area contributed by atoms with Crippen molar-refractivity contribution in [1.82, 2.24) is 9.97 Å². The monoisotopic (exact) mass is 328 g/mol. The molecule has 1 fully saturated rings. The molecule has 3 N–H and O–H groups in total. The minimum atomic E-state index is -0.107.